The van der Waals surface area contributed by atoms with Crippen molar-refractivity contribution in [1.82, 2.24) is 4.98 Å². The Hall–Kier alpha value is -1.26. The SMILES string of the molecule is COc1ccc(CCNc2nc(Cl)cs2)cc1. The van der Waals surface area contributed by atoms with Crippen molar-refractivity contribution in [3.63, 3.8) is 0 Å². The van der Waals surface area contributed by atoms with Crippen molar-refractivity contribution >= 4 is 28.1 Å². The molecule has 0 atom stereocenters. The Morgan fingerprint density at radius 2 is 2.12 bits per heavy atom. The normalized spacial score (nSPS) is 10.2. The van der Waals surface area contributed by atoms with Crippen LogP contribution in [0.1, 0.15) is 5.56 Å². The van der Waals surface area contributed by atoms with Crippen LogP contribution in [0.15, 0.2) is 29.6 Å². The molecular formula is C12H13ClN2OS. The van der Waals surface area contributed by atoms with Gasteiger partial charge in [-0.15, -0.1) is 11.3 Å². The summed E-state index contributed by atoms with van der Waals surface area (Å²) in [6, 6.07) is 8.07. The molecule has 0 spiro atoms. The van der Waals surface area contributed by atoms with Gasteiger partial charge in [-0.3, -0.25) is 0 Å². The number of ether oxygens (including phenoxy) is 1. The number of hydrogen-bond acceptors (Lipinski definition) is 4. The first-order valence-electron chi connectivity index (χ1n) is 5.26. The van der Waals surface area contributed by atoms with Gasteiger partial charge < -0.3 is 10.1 Å². The maximum atomic E-state index is 5.74. The van der Waals surface area contributed by atoms with Gasteiger partial charge in [-0.25, -0.2) is 4.98 Å². The molecule has 1 heterocycles. The second-order valence-electron chi connectivity index (χ2n) is 3.50. The first-order valence-corrected chi connectivity index (χ1v) is 6.51. The van der Waals surface area contributed by atoms with E-state index < -0.39 is 0 Å². The van der Waals surface area contributed by atoms with Crippen molar-refractivity contribution in [3.8, 4) is 5.75 Å². The molecule has 2 aromatic rings. The quantitative estimate of drug-likeness (QED) is 0.902. The number of aromatic nitrogens is 1. The van der Waals surface area contributed by atoms with Crippen LogP contribution < -0.4 is 10.1 Å². The molecule has 3 nitrogen and oxygen atoms in total. The first kappa shape index (κ1) is 12.2. The fourth-order valence-corrected chi connectivity index (χ4v) is 2.31. The summed E-state index contributed by atoms with van der Waals surface area (Å²) < 4.78 is 5.11. The molecule has 0 fully saturated rings. The topological polar surface area (TPSA) is 34.1 Å². The standard InChI is InChI=1S/C12H13ClN2OS/c1-16-10-4-2-9(3-5-10)6-7-14-12-15-11(13)8-17-12/h2-5,8H,6-7H2,1H3,(H,14,15). The molecule has 1 N–H and O–H groups in total. The minimum Gasteiger partial charge on any atom is -0.497 e. The van der Waals surface area contributed by atoms with Crippen LogP contribution in [0.4, 0.5) is 5.13 Å². The monoisotopic (exact) mass is 268 g/mol. The van der Waals surface area contributed by atoms with E-state index in [2.05, 4.69) is 22.4 Å². The van der Waals surface area contributed by atoms with Crippen molar-refractivity contribution in [1.29, 1.82) is 0 Å². The van der Waals surface area contributed by atoms with Crippen LogP contribution >= 0.6 is 22.9 Å². The molecule has 0 amide bonds. The van der Waals surface area contributed by atoms with Gasteiger partial charge in [0.15, 0.2) is 5.13 Å². The van der Waals surface area contributed by atoms with Crippen molar-refractivity contribution in [3.05, 3.63) is 40.4 Å². The second kappa shape index (κ2) is 5.89. The minimum atomic E-state index is 0.543. The smallest absolute Gasteiger partial charge is 0.184 e. The van der Waals surface area contributed by atoms with Crippen LogP contribution in [0.25, 0.3) is 0 Å². The number of nitrogens with zero attached hydrogens (tertiary/aromatic N) is 1. The maximum absolute atomic E-state index is 5.74. The van der Waals surface area contributed by atoms with Gasteiger partial charge in [-0.2, -0.15) is 0 Å². The average Bonchev–Trinajstić information content (AvgIpc) is 2.76. The Balaban J connectivity index is 1.81. The highest BCUT2D eigenvalue weighted by molar-refractivity contribution is 7.14. The Kier molecular flexibility index (Phi) is 4.23. The van der Waals surface area contributed by atoms with Gasteiger partial charge in [-0.05, 0) is 24.1 Å². The molecule has 17 heavy (non-hydrogen) atoms. The van der Waals surface area contributed by atoms with Gasteiger partial charge in [0.05, 0.1) is 7.11 Å². The molecular weight excluding hydrogens is 256 g/mol. The molecule has 0 bridgehead atoms. The van der Waals surface area contributed by atoms with Gasteiger partial charge in [0.25, 0.3) is 0 Å². The highest BCUT2D eigenvalue weighted by Crippen LogP contribution is 2.18. The largest absolute Gasteiger partial charge is 0.497 e. The summed E-state index contributed by atoms with van der Waals surface area (Å²) in [5.74, 6) is 0.883. The number of hydrogen-bond donors (Lipinski definition) is 1. The number of benzene rings is 1. The fraction of sp³-hybridized carbons (Fsp3) is 0.250. The molecule has 0 radical (unpaired) electrons. The van der Waals surface area contributed by atoms with Crippen LogP contribution in [0.5, 0.6) is 5.75 Å². The highest BCUT2D eigenvalue weighted by atomic mass is 35.5. The zero-order valence-electron chi connectivity index (χ0n) is 9.44. The molecule has 0 aliphatic carbocycles. The maximum Gasteiger partial charge on any atom is 0.184 e. The van der Waals surface area contributed by atoms with Crippen LogP contribution in [0.3, 0.4) is 0 Å². The molecule has 1 aromatic carbocycles. The van der Waals surface area contributed by atoms with E-state index in [1.165, 1.54) is 16.9 Å². The summed E-state index contributed by atoms with van der Waals surface area (Å²) in [7, 11) is 1.67. The fourth-order valence-electron chi connectivity index (χ4n) is 1.44. The molecule has 0 saturated heterocycles. The second-order valence-corrected chi connectivity index (χ2v) is 4.75. The van der Waals surface area contributed by atoms with E-state index in [-0.39, 0.29) is 0 Å². The lowest BCUT2D eigenvalue weighted by atomic mass is 10.1. The van der Waals surface area contributed by atoms with Crippen LogP contribution in [0.2, 0.25) is 5.15 Å². The van der Waals surface area contributed by atoms with Crippen LogP contribution in [-0.2, 0) is 6.42 Å². The number of methoxy groups -OCH3 is 1. The van der Waals surface area contributed by atoms with Gasteiger partial charge in [0, 0.05) is 11.9 Å². The average molecular weight is 269 g/mol. The molecule has 0 aliphatic heterocycles. The Bertz CT molecular complexity index is 470. The van der Waals surface area contributed by atoms with E-state index in [0.717, 1.165) is 23.8 Å². The van der Waals surface area contributed by atoms with Gasteiger partial charge in [0.2, 0.25) is 0 Å². The number of rotatable bonds is 5. The van der Waals surface area contributed by atoms with E-state index in [9.17, 15) is 0 Å². The molecule has 2 rings (SSSR count). The predicted molar refractivity (Wildman–Crippen MR) is 72.3 cm³/mol. The van der Waals surface area contributed by atoms with Crippen molar-refractivity contribution in [2.45, 2.75) is 6.42 Å². The van der Waals surface area contributed by atoms with Crippen molar-refractivity contribution in [2.75, 3.05) is 19.0 Å². The van der Waals surface area contributed by atoms with E-state index in [0.29, 0.717) is 5.15 Å². The van der Waals surface area contributed by atoms with Gasteiger partial charge in [-0.1, -0.05) is 23.7 Å². The third kappa shape index (κ3) is 3.61. The third-order valence-corrected chi connectivity index (χ3v) is 3.45. The van der Waals surface area contributed by atoms with Crippen molar-refractivity contribution in [2.24, 2.45) is 0 Å². The van der Waals surface area contributed by atoms with Crippen LogP contribution in [0, 0.1) is 0 Å². The summed E-state index contributed by atoms with van der Waals surface area (Å²) >= 11 is 7.25. The van der Waals surface area contributed by atoms with E-state index in [4.69, 9.17) is 16.3 Å². The highest BCUT2D eigenvalue weighted by Gasteiger charge is 1.99. The lowest BCUT2D eigenvalue weighted by Crippen LogP contribution is -2.04. The predicted octanol–water partition coefficient (Wildman–Crippen LogP) is 3.46. The minimum absolute atomic E-state index is 0.543. The number of nitrogens with one attached hydrogen (secondary N) is 1. The van der Waals surface area contributed by atoms with E-state index >= 15 is 0 Å². The molecule has 5 heteroatoms. The van der Waals surface area contributed by atoms with E-state index in [1.807, 2.05) is 17.5 Å². The summed E-state index contributed by atoms with van der Waals surface area (Å²) in [6.45, 7) is 0.843. The summed E-state index contributed by atoms with van der Waals surface area (Å²) in [5, 5.41) is 6.46. The molecule has 0 aliphatic rings. The summed E-state index contributed by atoms with van der Waals surface area (Å²) in [4.78, 5) is 4.12. The zero-order valence-corrected chi connectivity index (χ0v) is 11.0. The number of thiazole rings is 1. The summed E-state index contributed by atoms with van der Waals surface area (Å²) in [6.07, 6.45) is 0.946. The van der Waals surface area contributed by atoms with Crippen molar-refractivity contribution < 1.29 is 4.74 Å². The molecule has 1 aromatic heterocycles. The van der Waals surface area contributed by atoms with Gasteiger partial charge in [0.1, 0.15) is 10.9 Å². The first-order chi connectivity index (χ1) is 8.28. The van der Waals surface area contributed by atoms with Gasteiger partial charge >= 0.3 is 0 Å². The van der Waals surface area contributed by atoms with E-state index in [1.54, 1.807) is 7.11 Å². The summed E-state index contributed by atoms with van der Waals surface area (Å²) in [5.41, 5.74) is 1.26. The third-order valence-electron chi connectivity index (χ3n) is 2.33. The lowest BCUT2D eigenvalue weighted by molar-refractivity contribution is 0.414. The Morgan fingerprint density at radius 1 is 1.35 bits per heavy atom. The zero-order chi connectivity index (χ0) is 12.1. The molecule has 90 valence electrons. The lowest BCUT2D eigenvalue weighted by Gasteiger charge is -2.04. The number of anilines is 1. The molecule has 0 saturated carbocycles. The molecule has 0 unspecified atom stereocenters. The Morgan fingerprint density at radius 3 is 2.71 bits per heavy atom. The van der Waals surface area contributed by atoms with Crippen LogP contribution in [-0.4, -0.2) is 18.6 Å². The Labute approximate surface area is 109 Å². The number of halogens is 1.